The van der Waals surface area contributed by atoms with Crippen molar-refractivity contribution in [2.45, 2.75) is 55.7 Å². The van der Waals surface area contributed by atoms with Gasteiger partial charge in [-0.1, -0.05) is 29.8 Å². The summed E-state index contributed by atoms with van der Waals surface area (Å²) >= 11 is 6.13. The minimum Gasteiger partial charge on any atom is -0.489 e. The van der Waals surface area contributed by atoms with Gasteiger partial charge in [0.1, 0.15) is 17.4 Å². The van der Waals surface area contributed by atoms with Crippen molar-refractivity contribution < 1.29 is 24.2 Å². The van der Waals surface area contributed by atoms with Crippen LogP contribution in [-0.2, 0) is 15.1 Å². The van der Waals surface area contributed by atoms with E-state index in [9.17, 15) is 14.7 Å². The van der Waals surface area contributed by atoms with Gasteiger partial charge >= 0.3 is 5.97 Å². The first kappa shape index (κ1) is 24.1. The molecule has 8 heteroatoms. The fourth-order valence-corrected chi connectivity index (χ4v) is 5.61. The quantitative estimate of drug-likeness (QED) is 0.593. The number of benzene rings is 2. The van der Waals surface area contributed by atoms with E-state index >= 15 is 0 Å². The number of rotatable bonds is 7. The summed E-state index contributed by atoms with van der Waals surface area (Å²) < 4.78 is 11.9. The summed E-state index contributed by atoms with van der Waals surface area (Å²) in [6.07, 6.45) is 4.82. The minimum atomic E-state index is -0.953. The molecular formula is C27H31ClN2O5. The van der Waals surface area contributed by atoms with Crippen molar-refractivity contribution >= 4 is 23.5 Å². The van der Waals surface area contributed by atoms with Gasteiger partial charge in [-0.3, -0.25) is 9.69 Å². The number of carbonyl (C=O) groups excluding carboxylic acids is 1. The number of nitrogens with zero attached hydrogens (tertiary/aromatic N) is 1. The number of hydrogen-bond donors (Lipinski definition) is 2. The molecule has 2 aromatic carbocycles. The Bertz CT molecular complexity index is 1080. The van der Waals surface area contributed by atoms with Crippen molar-refractivity contribution in [3.63, 3.8) is 0 Å². The number of carbonyl (C=O) groups is 2. The normalized spacial score (nSPS) is 23.3. The molecule has 1 amide bonds. The van der Waals surface area contributed by atoms with Crippen LogP contribution in [0.3, 0.4) is 0 Å². The van der Waals surface area contributed by atoms with Crippen LogP contribution in [0.1, 0.15) is 54.4 Å². The molecule has 35 heavy (non-hydrogen) atoms. The van der Waals surface area contributed by atoms with Crippen molar-refractivity contribution in [3.05, 3.63) is 64.7 Å². The standard InChI is InChI=1S/C27H31ClN2O5/c28-21-3-1-4-22(17-21)35-23-5-2-14-30(18-23)27(12-15-34-16-13-27)25(33)29-26(10-11-26)20-8-6-19(7-9-20)24(31)32/h1,3-4,6-9,17,23H,2,5,10-16,18H2,(H,29,33)(H,31,32)/t23-/m1/s1. The number of halogens is 1. The van der Waals surface area contributed by atoms with Crippen LogP contribution in [0.4, 0.5) is 0 Å². The minimum absolute atomic E-state index is 0.0202. The van der Waals surface area contributed by atoms with Gasteiger partial charge in [-0.05, 0) is 81.0 Å². The molecule has 3 fully saturated rings. The van der Waals surface area contributed by atoms with E-state index in [0.717, 1.165) is 43.5 Å². The molecule has 5 rings (SSSR count). The number of aromatic carboxylic acids is 1. The molecule has 2 N–H and O–H groups in total. The van der Waals surface area contributed by atoms with Gasteiger partial charge in [0.2, 0.25) is 5.91 Å². The number of piperidine rings is 1. The first-order valence-electron chi connectivity index (χ1n) is 12.3. The van der Waals surface area contributed by atoms with E-state index in [-0.39, 0.29) is 17.6 Å². The highest BCUT2D eigenvalue weighted by Gasteiger charge is 2.52. The lowest BCUT2D eigenvalue weighted by Crippen LogP contribution is -2.65. The molecule has 2 heterocycles. The highest BCUT2D eigenvalue weighted by atomic mass is 35.5. The molecule has 1 atom stereocenters. The highest BCUT2D eigenvalue weighted by molar-refractivity contribution is 6.30. The van der Waals surface area contributed by atoms with Crippen LogP contribution in [0.15, 0.2) is 48.5 Å². The zero-order valence-electron chi connectivity index (χ0n) is 19.7. The Morgan fingerprint density at radius 2 is 1.83 bits per heavy atom. The fourth-order valence-electron chi connectivity index (χ4n) is 5.43. The Morgan fingerprint density at radius 1 is 1.09 bits per heavy atom. The molecule has 0 radical (unpaired) electrons. The van der Waals surface area contributed by atoms with Gasteiger partial charge in [0.05, 0.1) is 11.1 Å². The lowest BCUT2D eigenvalue weighted by Gasteiger charge is -2.48. The maximum atomic E-state index is 14.0. The van der Waals surface area contributed by atoms with E-state index in [2.05, 4.69) is 10.2 Å². The fraction of sp³-hybridized carbons (Fsp3) is 0.481. The number of nitrogens with one attached hydrogen (secondary N) is 1. The number of carboxylic acids is 1. The van der Waals surface area contributed by atoms with Gasteiger partial charge in [0, 0.05) is 24.8 Å². The Labute approximate surface area is 210 Å². The monoisotopic (exact) mass is 498 g/mol. The number of likely N-dealkylation sites (tertiary alicyclic amines) is 1. The Balaban J connectivity index is 1.33. The molecule has 3 aliphatic rings. The summed E-state index contributed by atoms with van der Waals surface area (Å²) in [5.41, 5.74) is 0.131. The molecule has 1 saturated carbocycles. The second-order valence-electron chi connectivity index (χ2n) is 9.85. The van der Waals surface area contributed by atoms with Crippen LogP contribution in [-0.4, -0.2) is 59.8 Å². The van der Waals surface area contributed by atoms with Crippen LogP contribution in [0, 0.1) is 0 Å². The molecule has 2 aliphatic heterocycles. The number of carboxylic acid groups (broad SMARTS) is 1. The van der Waals surface area contributed by atoms with Crippen LogP contribution in [0.2, 0.25) is 5.02 Å². The predicted octanol–water partition coefficient (Wildman–Crippen LogP) is 4.24. The first-order chi connectivity index (χ1) is 16.9. The Kier molecular flexibility index (Phi) is 6.75. The van der Waals surface area contributed by atoms with Gasteiger partial charge in [-0.15, -0.1) is 0 Å². The van der Waals surface area contributed by atoms with Crippen LogP contribution in [0.25, 0.3) is 0 Å². The third-order valence-electron chi connectivity index (χ3n) is 7.61. The summed E-state index contributed by atoms with van der Waals surface area (Å²) in [7, 11) is 0. The van der Waals surface area contributed by atoms with Gasteiger partial charge in [-0.2, -0.15) is 0 Å². The van der Waals surface area contributed by atoms with Gasteiger partial charge in [0.15, 0.2) is 0 Å². The molecule has 0 spiro atoms. The van der Waals surface area contributed by atoms with E-state index < -0.39 is 17.0 Å². The Morgan fingerprint density at radius 3 is 2.49 bits per heavy atom. The van der Waals surface area contributed by atoms with Crippen LogP contribution >= 0.6 is 11.6 Å². The lowest BCUT2D eigenvalue weighted by atomic mass is 9.84. The Hall–Kier alpha value is -2.61. The van der Waals surface area contributed by atoms with Gasteiger partial charge in [-0.25, -0.2) is 4.79 Å². The van der Waals surface area contributed by atoms with E-state index in [1.54, 1.807) is 12.1 Å². The number of amides is 1. The summed E-state index contributed by atoms with van der Waals surface area (Å²) in [5, 5.41) is 13.2. The van der Waals surface area contributed by atoms with Crippen molar-refractivity contribution in [2.75, 3.05) is 26.3 Å². The second kappa shape index (κ2) is 9.80. The summed E-state index contributed by atoms with van der Waals surface area (Å²) in [6, 6.07) is 14.3. The molecular weight excluding hydrogens is 468 g/mol. The van der Waals surface area contributed by atoms with Crippen molar-refractivity contribution in [1.29, 1.82) is 0 Å². The highest BCUT2D eigenvalue weighted by Crippen LogP contribution is 2.46. The zero-order valence-corrected chi connectivity index (χ0v) is 20.4. The SMILES string of the molecule is O=C(O)c1ccc(C2(NC(=O)C3(N4CCC[C@@H](Oc5cccc(Cl)c5)C4)CCOCC3)CC2)cc1. The van der Waals surface area contributed by atoms with E-state index in [1.165, 1.54) is 0 Å². The zero-order chi connectivity index (χ0) is 24.5. The molecule has 2 saturated heterocycles. The molecule has 7 nitrogen and oxygen atoms in total. The largest absolute Gasteiger partial charge is 0.489 e. The van der Waals surface area contributed by atoms with Gasteiger partial charge < -0.3 is 19.9 Å². The maximum absolute atomic E-state index is 14.0. The average molecular weight is 499 g/mol. The predicted molar refractivity (Wildman–Crippen MR) is 132 cm³/mol. The molecule has 0 unspecified atom stereocenters. The third kappa shape index (κ3) is 5.03. The number of ether oxygens (including phenoxy) is 2. The van der Waals surface area contributed by atoms with Gasteiger partial charge in [0.25, 0.3) is 0 Å². The molecule has 0 aromatic heterocycles. The average Bonchev–Trinajstić information content (AvgIpc) is 3.65. The summed E-state index contributed by atoms with van der Waals surface area (Å²) in [4.78, 5) is 27.5. The van der Waals surface area contributed by atoms with Crippen molar-refractivity contribution in [3.8, 4) is 5.75 Å². The second-order valence-corrected chi connectivity index (χ2v) is 10.3. The number of hydrogen-bond acceptors (Lipinski definition) is 5. The third-order valence-corrected chi connectivity index (χ3v) is 7.85. The lowest BCUT2D eigenvalue weighted by molar-refractivity contribution is -0.145. The van der Waals surface area contributed by atoms with E-state index in [1.807, 2.05) is 36.4 Å². The van der Waals surface area contributed by atoms with Crippen molar-refractivity contribution in [2.24, 2.45) is 0 Å². The maximum Gasteiger partial charge on any atom is 0.335 e. The van der Waals surface area contributed by atoms with Crippen LogP contribution in [0.5, 0.6) is 5.75 Å². The first-order valence-corrected chi connectivity index (χ1v) is 12.7. The van der Waals surface area contributed by atoms with E-state index in [4.69, 9.17) is 21.1 Å². The summed E-state index contributed by atoms with van der Waals surface area (Å²) in [5.74, 6) is -0.174. The molecule has 186 valence electrons. The van der Waals surface area contributed by atoms with Crippen LogP contribution < -0.4 is 10.1 Å². The molecule has 0 bridgehead atoms. The topological polar surface area (TPSA) is 88.1 Å². The van der Waals surface area contributed by atoms with Crippen molar-refractivity contribution in [1.82, 2.24) is 10.2 Å². The van der Waals surface area contributed by atoms with E-state index in [0.29, 0.717) is 37.6 Å². The molecule has 1 aliphatic carbocycles. The summed E-state index contributed by atoms with van der Waals surface area (Å²) in [6.45, 7) is 2.59. The molecule has 2 aromatic rings. The smallest absolute Gasteiger partial charge is 0.335 e.